The third kappa shape index (κ3) is 35.0. The highest BCUT2D eigenvalue weighted by molar-refractivity contribution is 5.70. The van der Waals surface area contributed by atoms with Gasteiger partial charge in [-0.25, -0.2) is 0 Å². The van der Waals surface area contributed by atoms with Crippen molar-refractivity contribution in [2.24, 2.45) is 0 Å². The molecule has 0 aliphatic heterocycles. The maximum absolute atomic E-state index is 12.5. The van der Waals surface area contributed by atoms with E-state index in [0.717, 1.165) is 70.6 Å². The van der Waals surface area contributed by atoms with Crippen LogP contribution in [-0.2, 0) is 23.8 Å². The van der Waals surface area contributed by atoms with Crippen molar-refractivity contribution in [1.82, 2.24) is 0 Å². The molecule has 0 aliphatic carbocycles. The number of allylic oxidation sites excluding steroid dienone is 6. The summed E-state index contributed by atoms with van der Waals surface area (Å²) in [5.74, 6) is -0.417. The molecule has 46 heavy (non-hydrogen) atoms. The number of ether oxygens (including phenoxy) is 3. The van der Waals surface area contributed by atoms with Crippen molar-refractivity contribution in [3.05, 3.63) is 36.5 Å². The largest absolute Gasteiger partial charge is 0.462 e. The molecule has 0 radical (unpaired) electrons. The van der Waals surface area contributed by atoms with E-state index in [1.54, 1.807) is 0 Å². The van der Waals surface area contributed by atoms with Gasteiger partial charge in [0.05, 0.1) is 6.61 Å². The van der Waals surface area contributed by atoms with E-state index >= 15 is 0 Å². The summed E-state index contributed by atoms with van der Waals surface area (Å²) in [4.78, 5) is 24.9. The van der Waals surface area contributed by atoms with Crippen LogP contribution in [0.25, 0.3) is 0 Å². The van der Waals surface area contributed by atoms with Crippen molar-refractivity contribution >= 4 is 11.9 Å². The molecule has 1 atom stereocenters. The first-order valence-electron chi connectivity index (χ1n) is 19.5. The van der Waals surface area contributed by atoms with Gasteiger partial charge in [-0.1, -0.05) is 160 Å². The highest BCUT2D eigenvalue weighted by Gasteiger charge is 2.17. The number of esters is 2. The van der Waals surface area contributed by atoms with Crippen LogP contribution in [-0.4, -0.2) is 37.9 Å². The molecule has 0 fully saturated rings. The molecule has 0 amide bonds. The first kappa shape index (κ1) is 44.1. The second kappa shape index (κ2) is 37.6. The Balaban J connectivity index is 4.07. The maximum Gasteiger partial charge on any atom is 0.306 e. The van der Waals surface area contributed by atoms with E-state index in [-0.39, 0.29) is 25.2 Å². The molecule has 0 aliphatic rings. The molecule has 0 aromatic rings. The summed E-state index contributed by atoms with van der Waals surface area (Å²) in [6.07, 6.45) is 41.5. The lowest BCUT2D eigenvalue weighted by Gasteiger charge is -2.18. The lowest BCUT2D eigenvalue weighted by Crippen LogP contribution is -2.30. The van der Waals surface area contributed by atoms with Gasteiger partial charge in [0.15, 0.2) is 6.10 Å². The number of carbonyl (C=O) groups is 2. The predicted molar refractivity (Wildman–Crippen MR) is 196 cm³/mol. The summed E-state index contributed by atoms with van der Waals surface area (Å²) in [7, 11) is 0. The smallest absolute Gasteiger partial charge is 0.306 e. The van der Waals surface area contributed by atoms with Crippen LogP contribution in [0.4, 0.5) is 0 Å². The second-order valence-electron chi connectivity index (χ2n) is 12.8. The van der Waals surface area contributed by atoms with E-state index in [1.165, 1.54) is 83.5 Å². The molecule has 0 aromatic carbocycles. The average Bonchev–Trinajstić information content (AvgIpc) is 3.05. The molecule has 0 heterocycles. The highest BCUT2D eigenvalue weighted by atomic mass is 16.6. The van der Waals surface area contributed by atoms with Crippen LogP contribution >= 0.6 is 0 Å². The lowest BCUT2D eigenvalue weighted by molar-refractivity contribution is -0.163. The molecular weight excluding hydrogens is 572 g/mol. The number of carbonyl (C=O) groups excluding carboxylic acids is 2. The normalized spacial score (nSPS) is 12.5. The van der Waals surface area contributed by atoms with Crippen LogP contribution < -0.4 is 0 Å². The molecule has 0 saturated carbocycles. The summed E-state index contributed by atoms with van der Waals surface area (Å²) in [6, 6.07) is 0. The molecule has 1 unspecified atom stereocenters. The fourth-order valence-electron chi connectivity index (χ4n) is 5.29. The Kier molecular flexibility index (Phi) is 36.0. The van der Waals surface area contributed by atoms with Crippen molar-refractivity contribution in [1.29, 1.82) is 0 Å². The molecule has 0 spiro atoms. The van der Waals surface area contributed by atoms with Crippen molar-refractivity contribution in [2.45, 2.75) is 194 Å². The standard InChI is InChI=1S/C41H74O5/c1-4-7-10-13-16-17-18-19-20-21-22-23-24-25-27-28-31-34-40(42)45-38-39(37-44-36-33-30-15-12-9-6-3)46-41(43)35-32-29-26-14-11-8-5-2/h7,10,16-17,19-20,39H,4-6,8-9,11-15,18,21-38H2,1-3H3/b10-7-,17-16-,20-19-. The number of hydrogen-bond donors (Lipinski definition) is 0. The van der Waals surface area contributed by atoms with Gasteiger partial charge in [0, 0.05) is 19.4 Å². The maximum atomic E-state index is 12.5. The SMILES string of the molecule is CC/C=C\C/C=C\C/C=C\CCCCCCCCCC(=O)OCC(COCCCCCCCC)OC(=O)CCCCCCCCC. The van der Waals surface area contributed by atoms with Gasteiger partial charge in [0.25, 0.3) is 0 Å². The zero-order valence-corrected chi connectivity index (χ0v) is 30.6. The minimum atomic E-state index is -0.527. The molecule has 0 aromatic heterocycles. The van der Waals surface area contributed by atoms with Crippen molar-refractivity contribution in [3.63, 3.8) is 0 Å². The van der Waals surface area contributed by atoms with E-state index in [1.807, 2.05) is 0 Å². The van der Waals surface area contributed by atoms with Gasteiger partial charge in [-0.3, -0.25) is 9.59 Å². The molecule has 5 nitrogen and oxygen atoms in total. The van der Waals surface area contributed by atoms with Crippen molar-refractivity contribution in [2.75, 3.05) is 19.8 Å². The monoisotopic (exact) mass is 647 g/mol. The molecule has 0 rings (SSSR count). The zero-order chi connectivity index (χ0) is 33.6. The Morgan fingerprint density at radius 2 is 0.978 bits per heavy atom. The first-order chi connectivity index (χ1) is 22.6. The third-order valence-electron chi connectivity index (χ3n) is 8.19. The summed E-state index contributed by atoms with van der Waals surface area (Å²) < 4.78 is 17.1. The Hall–Kier alpha value is -1.88. The van der Waals surface area contributed by atoms with E-state index in [2.05, 4.69) is 57.2 Å². The quantitative estimate of drug-likeness (QED) is 0.0389. The van der Waals surface area contributed by atoms with Crippen molar-refractivity contribution in [3.8, 4) is 0 Å². The van der Waals surface area contributed by atoms with Gasteiger partial charge in [0.1, 0.15) is 6.61 Å². The third-order valence-corrected chi connectivity index (χ3v) is 8.19. The van der Waals surface area contributed by atoms with Gasteiger partial charge in [-0.2, -0.15) is 0 Å². The lowest BCUT2D eigenvalue weighted by atomic mass is 10.1. The molecule has 0 N–H and O–H groups in total. The molecule has 5 heteroatoms. The van der Waals surface area contributed by atoms with Gasteiger partial charge >= 0.3 is 11.9 Å². The van der Waals surface area contributed by atoms with E-state index in [0.29, 0.717) is 19.4 Å². The summed E-state index contributed by atoms with van der Waals surface area (Å²) in [6.45, 7) is 7.63. The highest BCUT2D eigenvalue weighted by Crippen LogP contribution is 2.13. The molecule has 0 bridgehead atoms. The van der Waals surface area contributed by atoms with E-state index in [9.17, 15) is 9.59 Å². The predicted octanol–water partition coefficient (Wildman–Crippen LogP) is 12.3. The van der Waals surface area contributed by atoms with Crippen LogP contribution in [0.1, 0.15) is 188 Å². The number of hydrogen-bond acceptors (Lipinski definition) is 5. The van der Waals surface area contributed by atoms with Crippen molar-refractivity contribution < 1.29 is 23.8 Å². The molecular formula is C41H74O5. The molecule has 268 valence electrons. The van der Waals surface area contributed by atoms with Gasteiger partial charge in [-0.15, -0.1) is 0 Å². The fourth-order valence-corrected chi connectivity index (χ4v) is 5.29. The van der Waals surface area contributed by atoms with Crippen LogP contribution in [0, 0.1) is 0 Å². The second-order valence-corrected chi connectivity index (χ2v) is 12.8. The fraction of sp³-hybridized carbons (Fsp3) is 0.805. The van der Waals surface area contributed by atoms with Crippen LogP contribution in [0.5, 0.6) is 0 Å². The van der Waals surface area contributed by atoms with Crippen LogP contribution in [0.15, 0.2) is 36.5 Å². The molecule has 0 saturated heterocycles. The number of rotatable bonds is 35. The van der Waals surface area contributed by atoms with Gasteiger partial charge in [0.2, 0.25) is 0 Å². The minimum Gasteiger partial charge on any atom is -0.462 e. The number of unbranched alkanes of at least 4 members (excludes halogenated alkanes) is 18. The van der Waals surface area contributed by atoms with E-state index in [4.69, 9.17) is 14.2 Å². The topological polar surface area (TPSA) is 61.8 Å². The van der Waals surface area contributed by atoms with Crippen LogP contribution in [0.2, 0.25) is 0 Å². The summed E-state index contributed by atoms with van der Waals surface area (Å²) in [5, 5.41) is 0. The Morgan fingerprint density at radius 3 is 1.57 bits per heavy atom. The van der Waals surface area contributed by atoms with Gasteiger partial charge < -0.3 is 14.2 Å². The Bertz CT molecular complexity index is 741. The van der Waals surface area contributed by atoms with Crippen LogP contribution in [0.3, 0.4) is 0 Å². The summed E-state index contributed by atoms with van der Waals surface area (Å²) >= 11 is 0. The van der Waals surface area contributed by atoms with E-state index < -0.39 is 6.10 Å². The minimum absolute atomic E-state index is 0.0825. The Labute approximate surface area is 285 Å². The summed E-state index contributed by atoms with van der Waals surface area (Å²) in [5.41, 5.74) is 0. The van der Waals surface area contributed by atoms with Gasteiger partial charge in [-0.05, 0) is 51.4 Å². The average molecular weight is 647 g/mol. The first-order valence-corrected chi connectivity index (χ1v) is 19.5. The Morgan fingerprint density at radius 1 is 0.500 bits per heavy atom. The zero-order valence-electron chi connectivity index (χ0n) is 30.6.